The summed E-state index contributed by atoms with van der Waals surface area (Å²) in [6, 6.07) is 0. The van der Waals surface area contributed by atoms with E-state index in [-0.39, 0.29) is 36.2 Å². The molecule has 3 heterocycles. The number of carbonyl (C=O) groups excluding carboxylic acids is 2. The third-order valence-corrected chi connectivity index (χ3v) is 14.0. The van der Waals surface area contributed by atoms with E-state index in [4.69, 9.17) is 23.7 Å². The number of rotatable bonds is 8. The van der Waals surface area contributed by atoms with Gasteiger partial charge in [0, 0.05) is 16.9 Å². The zero-order valence-corrected chi connectivity index (χ0v) is 28.2. The van der Waals surface area contributed by atoms with Crippen LogP contribution in [0.5, 0.6) is 0 Å². The van der Waals surface area contributed by atoms with Crippen LogP contribution in [-0.4, -0.2) is 146 Å². The maximum absolute atomic E-state index is 13.1. The number of carbonyl (C=O) groups is 2. The maximum atomic E-state index is 13.1. The second kappa shape index (κ2) is 13.7. The number of fused-ring (bicyclic) bond motifs is 5. The van der Waals surface area contributed by atoms with Crippen LogP contribution in [0.2, 0.25) is 0 Å². The van der Waals surface area contributed by atoms with Crippen molar-refractivity contribution in [3.05, 3.63) is 11.6 Å². The normalized spacial score (nSPS) is 53.5. The Bertz CT molecular complexity index is 1310. The van der Waals surface area contributed by atoms with E-state index in [1.165, 1.54) is 0 Å². The monoisotopic (exact) mass is 712 g/mol. The first-order valence-electron chi connectivity index (χ1n) is 18.1. The Balaban J connectivity index is 1.01. The van der Waals surface area contributed by atoms with Crippen molar-refractivity contribution in [1.82, 2.24) is 0 Å². The van der Waals surface area contributed by atoms with Gasteiger partial charge < -0.3 is 69.3 Å². The van der Waals surface area contributed by atoms with Gasteiger partial charge >= 0.3 is 5.97 Å². The number of hydrogen-bond acceptors (Lipinski definition) is 15. The van der Waals surface area contributed by atoms with E-state index in [0.717, 1.165) is 37.5 Å². The Morgan fingerprint density at radius 2 is 1.52 bits per heavy atom. The highest BCUT2D eigenvalue weighted by Gasteiger charge is 2.69. The molecule has 7 aliphatic rings. The van der Waals surface area contributed by atoms with Crippen LogP contribution in [-0.2, 0) is 33.3 Å². The molecule has 0 spiro atoms. The first-order valence-corrected chi connectivity index (χ1v) is 18.1. The number of hydrogen-bond donors (Lipinski definition) is 8. The predicted molar refractivity (Wildman–Crippen MR) is 167 cm³/mol. The molecule has 2 saturated heterocycles. The van der Waals surface area contributed by atoms with Crippen molar-refractivity contribution in [2.75, 3.05) is 19.8 Å². The molecule has 0 aromatic carbocycles. The van der Waals surface area contributed by atoms with Gasteiger partial charge in [0.2, 0.25) is 0 Å². The van der Waals surface area contributed by atoms with E-state index in [1.54, 1.807) is 6.08 Å². The van der Waals surface area contributed by atoms with Crippen LogP contribution in [0.4, 0.5) is 0 Å². The van der Waals surface area contributed by atoms with Gasteiger partial charge in [-0.3, -0.25) is 0 Å². The highest BCUT2D eigenvalue weighted by molar-refractivity contribution is 5.85. The van der Waals surface area contributed by atoms with Crippen molar-refractivity contribution < 1.29 is 74.1 Å². The van der Waals surface area contributed by atoms with Crippen molar-refractivity contribution >= 4 is 12.3 Å². The van der Waals surface area contributed by atoms with Gasteiger partial charge in [0.25, 0.3) is 0 Å². The molecule has 0 amide bonds. The molecule has 0 radical (unpaired) electrons. The lowest BCUT2D eigenvalue weighted by molar-refractivity contribution is -0.364. The SMILES string of the molecule is C[C@]12CC[C@H]3[C@@H](CC[C@H]4C[C@@H](O[C@H]5O[C@@H](CO)[C@H](O[C@H]6O[C@@H](CO)[C@H](O)[C@@H](O)[C@@H]6O)[C@@H](O)[C@@H]5O)CC[C@@]43C=O)[C@@]1(O)CC[C@H]2C1=CC(=O)OC1. The van der Waals surface area contributed by atoms with Crippen LogP contribution in [0.3, 0.4) is 0 Å². The zero-order valence-electron chi connectivity index (χ0n) is 28.2. The summed E-state index contributed by atoms with van der Waals surface area (Å²) >= 11 is 0. The second-order valence-corrected chi connectivity index (χ2v) is 16.1. The largest absolute Gasteiger partial charge is 0.458 e. The number of cyclic esters (lactones) is 1. The molecule has 4 saturated carbocycles. The Kier molecular flexibility index (Phi) is 10.0. The minimum absolute atomic E-state index is 0.00981. The van der Waals surface area contributed by atoms with Crippen molar-refractivity contribution in [3.63, 3.8) is 0 Å². The summed E-state index contributed by atoms with van der Waals surface area (Å²) in [5.41, 5.74) is -1.08. The summed E-state index contributed by atoms with van der Waals surface area (Å²) < 4.78 is 28.4. The summed E-state index contributed by atoms with van der Waals surface area (Å²) in [4.78, 5) is 25.0. The molecule has 3 aliphatic heterocycles. The molecule has 50 heavy (non-hydrogen) atoms. The third-order valence-electron chi connectivity index (χ3n) is 14.0. The fourth-order valence-electron chi connectivity index (χ4n) is 11.3. The van der Waals surface area contributed by atoms with Gasteiger partial charge in [-0.15, -0.1) is 0 Å². The van der Waals surface area contributed by atoms with E-state index in [2.05, 4.69) is 6.92 Å². The minimum atomic E-state index is -1.76. The standard InChI is InChI=1S/C35H52O15/c1-33-7-5-20-21(35(33,45)9-6-19(33)16-10-24(39)46-14-16)3-2-17-11-18(4-8-34(17,20)15-38)47-31-29(44)27(42)30(23(13-37)49-31)50-32-28(43)26(41)25(40)22(12-36)48-32/h10,15,17-23,25-32,36-37,40-45H,2-9,11-14H2,1H3/t17-,18-,19-,20-,21+,22-,23-,25-,26+,27-,28-,29-,30-,31-,32+,33+,34+,35-/m0/s1. The first-order chi connectivity index (χ1) is 23.8. The molecule has 7 rings (SSSR count). The number of ether oxygens (including phenoxy) is 5. The molecule has 15 nitrogen and oxygen atoms in total. The highest BCUT2D eigenvalue weighted by Crippen LogP contribution is 2.69. The molecule has 0 bridgehead atoms. The Labute approximate surface area is 290 Å². The van der Waals surface area contributed by atoms with Gasteiger partial charge in [0.15, 0.2) is 12.6 Å². The van der Waals surface area contributed by atoms with Crippen molar-refractivity contribution in [1.29, 1.82) is 0 Å². The summed E-state index contributed by atoms with van der Waals surface area (Å²) in [5.74, 6) is -0.384. The Hall–Kier alpha value is -1.60. The zero-order chi connectivity index (χ0) is 35.7. The molecule has 8 N–H and O–H groups in total. The second-order valence-electron chi connectivity index (χ2n) is 16.1. The summed E-state index contributed by atoms with van der Waals surface area (Å²) in [5, 5.41) is 84.9. The molecule has 0 aromatic heterocycles. The molecule has 4 aliphatic carbocycles. The molecule has 6 fully saturated rings. The van der Waals surface area contributed by atoms with E-state index in [9.17, 15) is 50.4 Å². The molecule has 15 heteroatoms. The minimum Gasteiger partial charge on any atom is -0.458 e. The fraction of sp³-hybridized carbons (Fsp3) is 0.886. The number of esters is 1. The van der Waals surface area contributed by atoms with Crippen LogP contribution in [0, 0.1) is 34.5 Å². The van der Waals surface area contributed by atoms with Crippen molar-refractivity contribution in [2.24, 2.45) is 34.5 Å². The summed E-state index contributed by atoms with van der Waals surface area (Å²) in [6.07, 6.45) is -7.24. The van der Waals surface area contributed by atoms with E-state index in [1.807, 2.05) is 0 Å². The van der Waals surface area contributed by atoms with Crippen molar-refractivity contribution in [3.8, 4) is 0 Å². The molecule has 282 valence electrons. The van der Waals surface area contributed by atoms with E-state index >= 15 is 0 Å². The van der Waals surface area contributed by atoms with Gasteiger partial charge in [0.1, 0.15) is 61.7 Å². The van der Waals surface area contributed by atoms with Crippen LogP contribution < -0.4 is 0 Å². The number of aliphatic hydroxyl groups is 8. The summed E-state index contributed by atoms with van der Waals surface area (Å²) in [7, 11) is 0. The van der Waals surface area contributed by atoms with Gasteiger partial charge in [0.05, 0.1) is 24.9 Å². The maximum Gasteiger partial charge on any atom is 0.331 e. The topological polar surface area (TPSA) is 242 Å². The average molecular weight is 713 g/mol. The Morgan fingerprint density at radius 3 is 2.20 bits per heavy atom. The fourth-order valence-corrected chi connectivity index (χ4v) is 11.3. The van der Waals surface area contributed by atoms with Crippen LogP contribution in [0.25, 0.3) is 0 Å². The lowest BCUT2D eigenvalue weighted by Gasteiger charge is -2.63. The van der Waals surface area contributed by atoms with E-state index < -0.39 is 97.2 Å². The van der Waals surface area contributed by atoms with Gasteiger partial charge in [-0.2, -0.15) is 0 Å². The first kappa shape index (κ1) is 36.7. The van der Waals surface area contributed by atoms with Gasteiger partial charge in [-0.25, -0.2) is 4.79 Å². The molecular weight excluding hydrogens is 660 g/mol. The van der Waals surface area contributed by atoms with E-state index in [0.29, 0.717) is 32.1 Å². The molecular formula is C35H52O15. The van der Waals surface area contributed by atoms with Crippen LogP contribution >= 0.6 is 0 Å². The Morgan fingerprint density at radius 1 is 0.820 bits per heavy atom. The molecule has 18 atom stereocenters. The molecule has 0 unspecified atom stereocenters. The van der Waals surface area contributed by atoms with Crippen molar-refractivity contribution in [2.45, 2.75) is 138 Å². The average Bonchev–Trinajstić information content (AvgIpc) is 3.66. The van der Waals surface area contributed by atoms with Crippen LogP contribution in [0.15, 0.2) is 11.6 Å². The summed E-state index contributed by atoms with van der Waals surface area (Å²) in [6.45, 7) is 1.05. The quantitative estimate of drug-likeness (QED) is 0.0806. The molecule has 0 aromatic rings. The number of aliphatic hydroxyl groups excluding tert-OH is 7. The van der Waals surface area contributed by atoms with Gasteiger partial charge in [-0.05, 0) is 87.0 Å². The smallest absolute Gasteiger partial charge is 0.331 e. The lowest BCUT2D eigenvalue weighted by atomic mass is 9.43. The van der Waals surface area contributed by atoms with Gasteiger partial charge in [-0.1, -0.05) is 6.92 Å². The van der Waals surface area contributed by atoms with Crippen LogP contribution in [0.1, 0.15) is 64.7 Å². The highest BCUT2D eigenvalue weighted by atomic mass is 16.7. The lowest BCUT2D eigenvalue weighted by Crippen LogP contribution is -2.65. The predicted octanol–water partition coefficient (Wildman–Crippen LogP) is -1.57. The number of aldehydes is 1. The third kappa shape index (κ3) is 5.62.